The highest BCUT2D eigenvalue weighted by atomic mass is 79.9. The van der Waals surface area contributed by atoms with E-state index in [4.69, 9.17) is 0 Å². The smallest absolute Gasteiger partial charge is 0.0794 e. The van der Waals surface area contributed by atoms with Gasteiger partial charge in [0.25, 0.3) is 0 Å². The maximum Gasteiger partial charge on any atom is 0.0794 e. The number of rotatable bonds is 2. The molecule has 2 nitrogen and oxygen atoms in total. The molecule has 0 radical (unpaired) electrons. The molecule has 94 valence electrons. The molecule has 3 rings (SSSR count). The van der Waals surface area contributed by atoms with Crippen LogP contribution < -0.4 is 5.32 Å². The number of hydrogen-bond donors (Lipinski definition) is 1. The van der Waals surface area contributed by atoms with Crippen molar-refractivity contribution in [1.82, 2.24) is 10.3 Å². The Bertz CT molecular complexity index is 512. The van der Waals surface area contributed by atoms with E-state index in [9.17, 15) is 0 Å². The van der Waals surface area contributed by atoms with Crippen molar-refractivity contribution in [3.05, 3.63) is 50.9 Å². The lowest BCUT2D eigenvalue weighted by Crippen LogP contribution is -2.33. The summed E-state index contributed by atoms with van der Waals surface area (Å²) in [6.07, 6.45) is 3.23. The number of thiazole rings is 1. The summed E-state index contributed by atoms with van der Waals surface area (Å²) in [6, 6.07) is 8.68. The van der Waals surface area contributed by atoms with Gasteiger partial charge in [0.05, 0.1) is 5.51 Å². The third-order valence-electron chi connectivity index (χ3n) is 3.58. The molecule has 2 atom stereocenters. The van der Waals surface area contributed by atoms with Crippen molar-refractivity contribution in [2.45, 2.75) is 18.3 Å². The largest absolute Gasteiger partial charge is 0.316 e. The number of hydrogen-bond acceptors (Lipinski definition) is 3. The molecule has 18 heavy (non-hydrogen) atoms. The van der Waals surface area contributed by atoms with Crippen molar-refractivity contribution < 1.29 is 0 Å². The topological polar surface area (TPSA) is 24.9 Å². The number of nitrogens with one attached hydrogen (secondary N) is 1. The molecular weight excluding hydrogens is 308 g/mol. The Morgan fingerprint density at radius 3 is 3.06 bits per heavy atom. The Morgan fingerprint density at radius 1 is 1.33 bits per heavy atom. The van der Waals surface area contributed by atoms with E-state index in [0.717, 1.165) is 17.6 Å². The second-order valence-electron chi connectivity index (χ2n) is 4.66. The first-order valence-electron chi connectivity index (χ1n) is 6.19. The molecule has 1 saturated heterocycles. The second-order valence-corrected chi connectivity index (χ2v) is 6.50. The van der Waals surface area contributed by atoms with Gasteiger partial charge in [-0.3, -0.25) is 4.98 Å². The Labute approximate surface area is 120 Å². The fourth-order valence-electron chi connectivity index (χ4n) is 2.70. The lowest BCUT2D eigenvalue weighted by atomic mass is 9.81. The summed E-state index contributed by atoms with van der Waals surface area (Å²) in [5.41, 5.74) is 3.35. The van der Waals surface area contributed by atoms with Crippen LogP contribution in [0.4, 0.5) is 0 Å². The van der Waals surface area contributed by atoms with Gasteiger partial charge in [-0.2, -0.15) is 0 Å². The van der Waals surface area contributed by atoms with Gasteiger partial charge in [-0.1, -0.05) is 28.1 Å². The molecule has 4 heteroatoms. The van der Waals surface area contributed by atoms with Crippen molar-refractivity contribution in [3.8, 4) is 0 Å². The van der Waals surface area contributed by atoms with E-state index >= 15 is 0 Å². The van der Waals surface area contributed by atoms with Gasteiger partial charge in [-0.25, -0.2) is 0 Å². The van der Waals surface area contributed by atoms with Crippen LogP contribution >= 0.6 is 27.3 Å². The van der Waals surface area contributed by atoms with E-state index in [1.165, 1.54) is 16.9 Å². The molecule has 0 amide bonds. The number of benzene rings is 1. The van der Waals surface area contributed by atoms with Crippen LogP contribution in [0.5, 0.6) is 0 Å². The summed E-state index contributed by atoms with van der Waals surface area (Å²) >= 11 is 5.35. The quantitative estimate of drug-likeness (QED) is 0.910. The Hall–Kier alpha value is -0.710. The third kappa shape index (κ3) is 2.51. The minimum absolute atomic E-state index is 0.552. The van der Waals surface area contributed by atoms with Crippen molar-refractivity contribution in [1.29, 1.82) is 0 Å². The lowest BCUT2D eigenvalue weighted by Gasteiger charge is -2.31. The number of halogens is 1. The number of nitrogens with zero attached hydrogens (tertiary/aromatic N) is 1. The van der Waals surface area contributed by atoms with Gasteiger partial charge < -0.3 is 5.32 Å². The van der Waals surface area contributed by atoms with Gasteiger partial charge in [0.15, 0.2) is 0 Å². The van der Waals surface area contributed by atoms with Gasteiger partial charge in [-0.05, 0) is 30.7 Å². The van der Waals surface area contributed by atoms with E-state index in [1.54, 1.807) is 11.3 Å². The molecule has 1 N–H and O–H groups in total. The fraction of sp³-hybridized carbons (Fsp3) is 0.357. The van der Waals surface area contributed by atoms with Crippen molar-refractivity contribution in [2.24, 2.45) is 0 Å². The first-order chi connectivity index (χ1) is 8.84. The summed E-state index contributed by atoms with van der Waals surface area (Å²) in [4.78, 5) is 5.65. The average molecular weight is 323 g/mol. The van der Waals surface area contributed by atoms with Gasteiger partial charge in [0.2, 0.25) is 0 Å². The Morgan fingerprint density at radius 2 is 2.28 bits per heavy atom. The van der Waals surface area contributed by atoms with Gasteiger partial charge >= 0.3 is 0 Å². The van der Waals surface area contributed by atoms with E-state index in [1.807, 2.05) is 11.7 Å². The molecule has 1 fully saturated rings. The highest BCUT2D eigenvalue weighted by Crippen LogP contribution is 2.39. The zero-order valence-electron chi connectivity index (χ0n) is 9.97. The van der Waals surface area contributed by atoms with E-state index in [0.29, 0.717) is 11.8 Å². The van der Waals surface area contributed by atoms with E-state index in [-0.39, 0.29) is 0 Å². The summed E-state index contributed by atoms with van der Waals surface area (Å²) in [6.45, 7) is 2.16. The zero-order chi connectivity index (χ0) is 12.4. The first-order valence-corrected chi connectivity index (χ1v) is 7.86. The van der Waals surface area contributed by atoms with Crippen LogP contribution in [-0.2, 0) is 0 Å². The minimum atomic E-state index is 0.552. The molecule has 0 aliphatic carbocycles. The number of piperidine rings is 1. The first kappa shape index (κ1) is 12.3. The van der Waals surface area contributed by atoms with Crippen molar-refractivity contribution >= 4 is 27.3 Å². The van der Waals surface area contributed by atoms with Crippen LogP contribution in [-0.4, -0.2) is 18.1 Å². The van der Waals surface area contributed by atoms with Crippen molar-refractivity contribution in [2.75, 3.05) is 13.1 Å². The van der Waals surface area contributed by atoms with E-state index < -0.39 is 0 Å². The molecule has 2 unspecified atom stereocenters. The maximum atomic E-state index is 4.23. The molecule has 2 aromatic rings. The van der Waals surface area contributed by atoms with Crippen LogP contribution in [0.1, 0.15) is 28.7 Å². The standard InChI is InChI=1S/C14H15BrN2S/c15-11-3-1-2-10(6-11)13-7-16-5-4-12(13)14-8-17-9-18-14/h1-3,6,8-9,12-13,16H,4-5,7H2. The van der Waals surface area contributed by atoms with Gasteiger partial charge in [0, 0.05) is 33.9 Å². The van der Waals surface area contributed by atoms with E-state index in [2.05, 4.69) is 50.5 Å². The SMILES string of the molecule is Brc1cccc(C2CNCCC2c2cncs2)c1. The van der Waals surface area contributed by atoms with Gasteiger partial charge in [0.1, 0.15) is 0 Å². The zero-order valence-corrected chi connectivity index (χ0v) is 12.4. The van der Waals surface area contributed by atoms with Crippen LogP contribution in [0.25, 0.3) is 0 Å². The second kappa shape index (κ2) is 5.51. The molecule has 1 aromatic heterocycles. The number of aromatic nitrogens is 1. The van der Waals surface area contributed by atoms with Crippen LogP contribution in [0.2, 0.25) is 0 Å². The average Bonchev–Trinajstić information content (AvgIpc) is 2.92. The molecule has 0 spiro atoms. The molecule has 0 bridgehead atoms. The predicted molar refractivity (Wildman–Crippen MR) is 79.2 cm³/mol. The molecule has 1 aromatic carbocycles. The predicted octanol–water partition coefficient (Wildman–Crippen LogP) is 3.77. The van der Waals surface area contributed by atoms with Crippen LogP contribution in [0, 0.1) is 0 Å². The summed E-state index contributed by atoms with van der Waals surface area (Å²) < 4.78 is 1.16. The molecular formula is C14H15BrN2S. The lowest BCUT2D eigenvalue weighted by molar-refractivity contribution is 0.408. The minimum Gasteiger partial charge on any atom is -0.316 e. The van der Waals surface area contributed by atoms with Crippen molar-refractivity contribution in [3.63, 3.8) is 0 Å². The summed E-state index contributed by atoms with van der Waals surface area (Å²) in [7, 11) is 0. The summed E-state index contributed by atoms with van der Waals surface area (Å²) in [5, 5.41) is 3.51. The Balaban J connectivity index is 1.93. The van der Waals surface area contributed by atoms with Crippen LogP contribution in [0.15, 0.2) is 40.4 Å². The third-order valence-corrected chi connectivity index (χ3v) is 4.98. The molecule has 1 aliphatic heterocycles. The molecule has 1 aliphatic rings. The Kier molecular flexibility index (Phi) is 3.77. The highest BCUT2D eigenvalue weighted by Gasteiger charge is 2.28. The summed E-state index contributed by atoms with van der Waals surface area (Å²) in [5.74, 6) is 1.16. The highest BCUT2D eigenvalue weighted by molar-refractivity contribution is 9.10. The van der Waals surface area contributed by atoms with Gasteiger partial charge in [-0.15, -0.1) is 11.3 Å². The maximum absolute atomic E-state index is 4.23. The fourth-order valence-corrected chi connectivity index (χ4v) is 3.93. The monoisotopic (exact) mass is 322 g/mol. The normalized spacial score (nSPS) is 24.1. The van der Waals surface area contributed by atoms with Crippen LogP contribution in [0.3, 0.4) is 0 Å². The molecule has 0 saturated carbocycles. The molecule has 2 heterocycles.